The van der Waals surface area contributed by atoms with Gasteiger partial charge < -0.3 is 14.1 Å². The molecule has 0 spiro atoms. The number of hydrogen-bond donors (Lipinski definition) is 0. The molecule has 13 nitrogen and oxygen atoms in total. The lowest BCUT2D eigenvalue weighted by atomic mass is 10.3. The Hall–Kier alpha value is -3.94. The monoisotopic (exact) mass is 402 g/mol. The molecular weight excluding hydrogens is 392 g/mol. The Labute approximate surface area is 159 Å². The third-order valence-corrected chi connectivity index (χ3v) is 4.14. The molecule has 0 aromatic carbocycles. The van der Waals surface area contributed by atoms with E-state index in [1.54, 1.807) is 18.2 Å². The fourth-order valence-electron chi connectivity index (χ4n) is 2.07. The second-order valence-corrected chi connectivity index (χ2v) is 6.08. The normalized spacial score (nSPS) is 10.7. The lowest BCUT2D eigenvalue weighted by Gasteiger charge is -2.05. The molecule has 0 aliphatic heterocycles. The third kappa shape index (κ3) is 3.75. The van der Waals surface area contributed by atoms with Crippen molar-refractivity contribution in [1.29, 1.82) is 0 Å². The van der Waals surface area contributed by atoms with Crippen LogP contribution in [0.25, 0.3) is 22.3 Å². The van der Waals surface area contributed by atoms with Crippen molar-refractivity contribution in [3.05, 3.63) is 35.9 Å². The number of rotatable bonds is 7. The average molecular weight is 402 g/mol. The van der Waals surface area contributed by atoms with Gasteiger partial charge >= 0.3 is 11.9 Å². The average Bonchev–Trinajstić information content (AvgIpc) is 3.46. The van der Waals surface area contributed by atoms with Gasteiger partial charge in [-0.25, -0.2) is 9.59 Å². The SMILES string of the molecule is O=C(CCC(=O)On1nnnc1-c1cccs1)On1nnnc1-c1ccco1. The van der Waals surface area contributed by atoms with Gasteiger partial charge in [-0.15, -0.1) is 21.5 Å². The zero-order valence-electron chi connectivity index (χ0n) is 13.9. The Kier molecular flexibility index (Phi) is 4.83. The predicted octanol–water partition coefficient (Wildman–Crippen LogP) is 0.0389. The third-order valence-electron chi connectivity index (χ3n) is 3.28. The highest BCUT2D eigenvalue weighted by molar-refractivity contribution is 7.13. The molecule has 0 aliphatic carbocycles. The molecule has 4 rings (SSSR count). The van der Waals surface area contributed by atoms with Crippen molar-refractivity contribution >= 4 is 23.3 Å². The molecule has 0 unspecified atom stereocenters. The van der Waals surface area contributed by atoms with E-state index < -0.39 is 11.9 Å². The summed E-state index contributed by atoms with van der Waals surface area (Å²) in [7, 11) is 0. The van der Waals surface area contributed by atoms with Gasteiger partial charge in [0.05, 0.1) is 24.0 Å². The number of furan rings is 1. The van der Waals surface area contributed by atoms with Crippen LogP contribution in [0.4, 0.5) is 0 Å². The van der Waals surface area contributed by atoms with E-state index in [9.17, 15) is 9.59 Å². The number of carbonyl (C=O) groups is 2. The van der Waals surface area contributed by atoms with Gasteiger partial charge in [-0.3, -0.25) is 0 Å². The molecule has 0 bridgehead atoms. The summed E-state index contributed by atoms with van der Waals surface area (Å²) in [4.78, 5) is 36.5. The Morgan fingerprint density at radius 2 is 1.64 bits per heavy atom. The van der Waals surface area contributed by atoms with Crippen molar-refractivity contribution in [2.24, 2.45) is 0 Å². The van der Waals surface area contributed by atoms with Crippen LogP contribution in [-0.4, -0.2) is 52.7 Å². The van der Waals surface area contributed by atoms with E-state index in [1.807, 2.05) is 11.4 Å². The van der Waals surface area contributed by atoms with Crippen LogP contribution in [0, 0.1) is 0 Å². The topological polar surface area (TPSA) is 153 Å². The maximum atomic E-state index is 12.0. The summed E-state index contributed by atoms with van der Waals surface area (Å²) in [6.07, 6.45) is 0.892. The van der Waals surface area contributed by atoms with Gasteiger partial charge in [0.2, 0.25) is 5.82 Å². The molecule has 0 radical (unpaired) electrons. The van der Waals surface area contributed by atoms with Crippen molar-refractivity contribution in [3.8, 4) is 22.3 Å². The molecule has 28 heavy (non-hydrogen) atoms. The molecule has 4 heterocycles. The van der Waals surface area contributed by atoms with Crippen LogP contribution in [0.15, 0.2) is 40.3 Å². The Balaban J connectivity index is 1.32. The first kappa shape index (κ1) is 17.5. The van der Waals surface area contributed by atoms with Crippen molar-refractivity contribution in [3.63, 3.8) is 0 Å². The molecule has 4 aromatic rings. The van der Waals surface area contributed by atoms with Gasteiger partial charge in [-0.2, -0.15) is 0 Å². The minimum absolute atomic E-state index is 0.107. The molecule has 142 valence electrons. The van der Waals surface area contributed by atoms with E-state index in [1.165, 1.54) is 17.6 Å². The van der Waals surface area contributed by atoms with Gasteiger partial charge in [0.1, 0.15) is 0 Å². The molecule has 0 fully saturated rings. The van der Waals surface area contributed by atoms with Crippen LogP contribution in [-0.2, 0) is 9.59 Å². The van der Waals surface area contributed by atoms with Gasteiger partial charge in [-0.05, 0) is 54.1 Å². The van der Waals surface area contributed by atoms with Crippen LogP contribution in [0.3, 0.4) is 0 Å². The van der Waals surface area contributed by atoms with Gasteiger partial charge in [0.25, 0.3) is 5.82 Å². The summed E-state index contributed by atoms with van der Waals surface area (Å²) in [6.45, 7) is 0. The highest BCUT2D eigenvalue weighted by Crippen LogP contribution is 2.20. The molecule has 0 saturated heterocycles. The van der Waals surface area contributed by atoms with E-state index in [4.69, 9.17) is 14.1 Å². The molecule has 0 N–H and O–H groups in total. The van der Waals surface area contributed by atoms with Gasteiger partial charge in [-0.1, -0.05) is 6.07 Å². The standard InChI is InChI=1S/C14H10N8O5S/c23-11(26-21-13(15-17-19-21)9-3-1-7-25-9)5-6-12(24)27-22-14(16-18-20-22)10-4-2-8-28-10/h1-4,7-8H,5-6H2. The number of aromatic nitrogens is 8. The fraction of sp³-hybridized carbons (Fsp3) is 0.143. The van der Waals surface area contributed by atoms with E-state index >= 15 is 0 Å². The highest BCUT2D eigenvalue weighted by atomic mass is 32.1. The predicted molar refractivity (Wildman–Crippen MR) is 89.1 cm³/mol. The number of thiophene rings is 1. The Morgan fingerprint density at radius 1 is 0.964 bits per heavy atom. The highest BCUT2D eigenvalue weighted by Gasteiger charge is 2.19. The summed E-state index contributed by atoms with van der Waals surface area (Å²) in [5.74, 6) is -0.757. The maximum Gasteiger partial charge on any atom is 0.335 e. The van der Waals surface area contributed by atoms with Crippen molar-refractivity contribution in [1.82, 2.24) is 40.7 Å². The summed E-state index contributed by atoms with van der Waals surface area (Å²) < 4.78 is 5.15. The smallest absolute Gasteiger partial charge is 0.335 e. The lowest BCUT2D eigenvalue weighted by Crippen LogP contribution is -2.25. The van der Waals surface area contributed by atoms with Crippen LogP contribution < -0.4 is 9.68 Å². The van der Waals surface area contributed by atoms with Crippen LogP contribution in [0.2, 0.25) is 0 Å². The molecular formula is C14H10N8O5S. The minimum Gasteiger partial charge on any atom is -0.461 e. The van der Waals surface area contributed by atoms with Crippen LogP contribution in [0.1, 0.15) is 12.8 Å². The maximum absolute atomic E-state index is 12.0. The molecule has 0 atom stereocenters. The van der Waals surface area contributed by atoms with Crippen LogP contribution >= 0.6 is 11.3 Å². The van der Waals surface area contributed by atoms with E-state index in [2.05, 4.69) is 31.1 Å². The van der Waals surface area contributed by atoms with Crippen molar-refractivity contribution < 1.29 is 23.7 Å². The number of hydrogen-bond acceptors (Lipinski definition) is 12. The lowest BCUT2D eigenvalue weighted by molar-refractivity contribution is -0.152. The van der Waals surface area contributed by atoms with E-state index in [0.29, 0.717) is 5.76 Å². The van der Waals surface area contributed by atoms with Crippen molar-refractivity contribution in [2.75, 3.05) is 0 Å². The first-order valence-electron chi connectivity index (χ1n) is 7.77. The number of carbonyl (C=O) groups excluding carboxylic acids is 2. The van der Waals surface area contributed by atoms with Crippen molar-refractivity contribution in [2.45, 2.75) is 12.8 Å². The zero-order valence-corrected chi connectivity index (χ0v) is 14.7. The second-order valence-electron chi connectivity index (χ2n) is 5.13. The summed E-state index contributed by atoms with van der Waals surface area (Å²) in [6, 6.07) is 6.83. The first-order chi connectivity index (χ1) is 13.7. The molecule has 4 aromatic heterocycles. The molecule has 0 saturated carbocycles. The molecule has 0 aliphatic rings. The summed E-state index contributed by atoms with van der Waals surface area (Å²) in [5.41, 5.74) is 0. The van der Waals surface area contributed by atoms with Crippen LogP contribution in [0.5, 0.6) is 0 Å². The minimum atomic E-state index is -0.743. The fourth-order valence-corrected chi connectivity index (χ4v) is 2.75. The van der Waals surface area contributed by atoms with E-state index in [0.717, 1.165) is 14.6 Å². The Bertz CT molecular complexity index is 985. The van der Waals surface area contributed by atoms with E-state index in [-0.39, 0.29) is 24.5 Å². The van der Waals surface area contributed by atoms with Gasteiger partial charge in [0, 0.05) is 0 Å². The van der Waals surface area contributed by atoms with Gasteiger partial charge in [0.15, 0.2) is 5.76 Å². The molecule has 0 amide bonds. The number of nitrogens with zero attached hydrogens (tertiary/aromatic N) is 8. The largest absolute Gasteiger partial charge is 0.461 e. The first-order valence-corrected chi connectivity index (χ1v) is 8.65. The molecule has 14 heteroatoms. The zero-order chi connectivity index (χ0) is 19.3. The second kappa shape index (κ2) is 7.75. The number of tetrazole rings is 2. The summed E-state index contributed by atoms with van der Waals surface area (Å²) >= 11 is 1.38. The summed E-state index contributed by atoms with van der Waals surface area (Å²) in [5, 5.41) is 23.4. The Morgan fingerprint density at radius 3 is 2.25 bits per heavy atom. The quantitative estimate of drug-likeness (QED) is 0.385.